The van der Waals surface area contributed by atoms with Crippen LogP contribution in [-0.2, 0) is 0 Å². The summed E-state index contributed by atoms with van der Waals surface area (Å²) in [5, 5.41) is 11.0. The molecule has 1 rings (SSSR count). The van der Waals surface area contributed by atoms with Gasteiger partial charge in [-0.1, -0.05) is 11.3 Å². The molecule has 0 saturated heterocycles. The molecule has 6 heteroatoms. The predicted octanol–water partition coefficient (Wildman–Crippen LogP) is 0.0688. The van der Waals surface area contributed by atoms with Gasteiger partial charge in [-0.15, -0.1) is 10.2 Å². The monoisotopic (exact) mass is 172 g/mol. The molecule has 0 radical (unpaired) electrons. The average molecular weight is 172 g/mol. The van der Waals surface area contributed by atoms with E-state index in [2.05, 4.69) is 15.5 Å². The summed E-state index contributed by atoms with van der Waals surface area (Å²) >= 11 is 1.16. The van der Waals surface area contributed by atoms with E-state index in [0.717, 1.165) is 17.9 Å². The maximum atomic E-state index is 10.5. The minimum Gasteiger partial charge on any atom is -0.363 e. The van der Waals surface area contributed by atoms with E-state index in [9.17, 15) is 4.79 Å². The third kappa shape index (κ3) is 1.87. The fraction of sp³-hybridized carbons (Fsp3) is 0.400. The second-order valence-corrected chi connectivity index (χ2v) is 2.78. The van der Waals surface area contributed by atoms with Gasteiger partial charge in [0.25, 0.3) is 5.91 Å². The number of nitrogens with two attached hydrogens (primary N) is 1. The van der Waals surface area contributed by atoms with Gasteiger partial charge < -0.3 is 11.1 Å². The van der Waals surface area contributed by atoms with Crippen molar-refractivity contribution in [1.82, 2.24) is 10.2 Å². The van der Waals surface area contributed by atoms with E-state index >= 15 is 0 Å². The minimum absolute atomic E-state index is 0.237. The van der Waals surface area contributed by atoms with Crippen LogP contribution in [0.2, 0.25) is 0 Å². The first-order chi connectivity index (χ1) is 5.24. The van der Waals surface area contributed by atoms with Crippen molar-refractivity contribution in [2.45, 2.75) is 6.92 Å². The van der Waals surface area contributed by atoms with Crippen LogP contribution in [0.4, 0.5) is 5.13 Å². The lowest BCUT2D eigenvalue weighted by atomic mass is 10.7. The molecule has 0 unspecified atom stereocenters. The Labute approximate surface area is 67.6 Å². The lowest BCUT2D eigenvalue weighted by Gasteiger charge is -1.90. The van der Waals surface area contributed by atoms with Crippen molar-refractivity contribution in [3.05, 3.63) is 5.01 Å². The van der Waals surface area contributed by atoms with E-state index in [1.165, 1.54) is 0 Å². The van der Waals surface area contributed by atoms with E-state index in [4.69, 9.17) is 5.73 Å². The molecule has 0 saturated carbocycles. The Morgan fingerprint density at radius 3 is 2.91 bits per heavy atom. The molecule has 0 atom stereocenters. The number of primary amides is 1. The van der Waals surface area contributed by atoms with Crippen LogP contribution in [0.3, 0.4) is 0 Å². The molecule has 1 heterocycles. The van der Waals surface area contributed by atoms with Gasteiger partial charge in [0.15, 0.2) is 0 Å². The third-order valence-electron chi connectivity index (χ3n) is 0.964. The molecule has 3 N–H and O–H groups in total. The fourth-order valence-corrected chi connectivity index (χ4v) is 1.21. The Balaban J connectivity index is 2.73. The molecule has 5 nitrogen and oxygen atoms in total. The summed E-state index contributed by atoms with van der Waals surface area (Å²) in [5.74, 6) is -0.536. The van der Waals surface area contributed by atoms with Crippen LogP contribution in [0.25, 0.3) is 0 Å². The number of carbonyl (C=O) groups is 1. The van der Waals surface area contributed by atoms with Crippen molar-refractivity contribution < 1.29 is 4.79 Å². The zero-order valence-electron chi connectivity index (χ0n) is 6.00. The van der Waals surface area contributed by atoms with E-state index in [0.29, 0.717) is 5.13 Å². The first-order valence-electron chi connectivity index (χ1n) is 3.11. The predicted molar refractivity (Wildman–Crippen MR) is 42.6 cm³/mol. The van der Waals surface area contributed by atoms with Crippen molar-refractivity contribution in [3.8, 4) is 0 Å². The van der Waals surface area contributed by atoms with Gasteiger partial charge >= 0.3 is 0 Å². The topological polar surface area (TPSA) is 80.9 Å². The fourth-order valence-electron chi connectivity index (χ4n) is 0.545. The molecule has 60 valence electrons. The summed E-state index contributed by atoms with van der Waals surface area (Å²) in [6.07, 6.45) is 0. The highest BCUT2D eigenvalue weighted by molar-refractivity contribution is 7.17. The molecule has 0 aliphatic heterocycles. The molecule has 1 aromatic heterocycles. The lowest BCUT2D eigenvalue weighted by molar-refractivity contribution is 0.0999. The summed E-state index contributed by atoms with van der Waals surface area (Å²) in [4.78, 5) is 10.5. The zero-order chi connectivity index (χ0) is 8.27. The van der Waals surface area contributed by atoms with Gasteiger partial charge in [0.2, 0.25) is 10.1 Å². The second-order valence-electron chi connectivity index (χ2n) is 1.81. The molecule has 1 aromatic rings. The maximum absolute atomic E-state index is 10.5. The molecule has 11 heavy (non-hydrogen) atoms. The average Bonchev–Trinajstić information content (AvgIpc) is 2.37. The van der Waals surface area contributed by atoms with Crippen molar-refractivity contribution in [3.63, 3.8) is 0 Å². The maximum Gasteiger partial charge on any atom is 0.279 e. The highest BCUT2D eigenvalue weighted by Crippen LogP contribution is 2.13. The molecule has 0 bridgehead atoms. The Bertz CT molecular complexity index is 259. The number of amides is 1. The highest BCUT2D eigenvalue weighted by atomic mass is 32.1. The first kappa shape index (κ1) is 7.93. The molecule has 0 aromatic carbocycles. The second kappa shape index (κ2) is 3.29. The van der Waals surface area contributed by atoms with Gasteiger partial charge in [-0.2, -0.15) is 0 Å². The van der Waals surface area contributed by atoms with Gasteiger partial charge in [0.1, 0.15) is 0 Å². The largest absolute Gasteiger partial charge is 0.363 e. The van der Waals surface area contributed by atoms with Gasteiger partial charge in [0, 0.05) is 6.54 Å². The number of hydrogen-bond donors (Lipinski definition) is 2. The molecular formula is C5H8N4OS. The third-order valence-corrected chi connectivity index (χ3v) is 1.86. The Hall–Kier alpha value is -1.17. The summed E-state index contributed by atoms with van der Waals surface area (Å²) < 4.78 is 0. The summed E-state index contributed by atoms with van der Waals surface area (Å²) in [5.41, 5.74) is 4.96. The van der Waals surface area contributed by atoms with Crippen molar-refractivity contribution >= 4 is 22.4 Å². The van der Waals surface area contributed by atoms with Gasteiger partial charge in [-0.3, -0.25) is 4.79 Å². The number of hydrogen-bond acceptors (Lipinski definition) is 5. The quantitative estimate of drug-likeness (QED) is 0.676. The van der Waals surface area contributed by atoms with Crippen LogP contribution in [0.15, 0.2) is 0 Å². The number of nitrogens with one attached hydrogen (secondary N) is 1. The number of anilines is 1. The van der Waals surface area contributed by atoms with E-state index < -0.39 is 5.91 Å². The van der Waals surface area contributed by atoms with Crippen LogP contribution in [0.1, 0.15) is 16.7 Å². The molecule has 1 amide bonds. The number of aromatic nitrogens is 2. The highest BCUT2D eigenvalue weighted by Gasteiger charge is 2.06. The number of rotatable bonds is 3. The van der Waals surface area contributed by atoms with Crippen LogP contribution in [0.5, 0.6) is 0 Å². The summed E-state index contributed by atoms with van der Waals surface area (Å²) in [6, 6.07) is 0. The SMILES string of the molecule is CCNc1nnc(C(N)=O)s1. The van der Waals surface area contributed by atoms with Gasteiger partial charge in [-0.25, -0.2) is 0 Å². The normalized spacial score (nSPS) is 9.55. The van der Waals surface area contributed by atoms with Crippen molar-refractivity contribution in [2.75, 3.05) is 11.9 Å². The van der Waals surface area contributed by atoms with Crippen LogP contribution >= 0.6 is 11.3 Å². The molecule has 0 fully saturated rings. The smallest absolute Gasteiger partial charge is 0.279 e. The Kier molecular flexibility index (Phi) is 2.37. The Morgan fingerprint density at radius 1 is 1.73 bits per heavy atom. The van der Waals surface area contributed by atoms with Gasteiger partial charge in [0.05, 0.1) is 0 Å². The molecule has 0 spiro atoms. The van der Waals surface area contributed by atoms with Crippen molar-refractivity contribution in [2.24, 2.45) is 5.73 Å². The molecule has 0 aliphatic rings. The van der Waals surface area contributed by atoms with Crippen molar-refractivity contribution in [1.29, 1.82) is 0 Å². The number of carbonyl (C=O) groups excluding carboxylic acids is 1. The summed E-state index contributed by atoms with van der Waals surface area (Å²) in [7, 11) is 0. The minimum atomic E-state index is -0.536. The van der Waals surface area contributed by atoms with E-state index in [-0.39, 0.29) is 5.01 Å². The standard InChI is InChI=1S/C5H8N4OS/c1-2-7-5-9-8-4(11-5)3(6)10/h2H2,1H3,(H2,6,10)(H,7,9). The molecular weight excluding hydrogens is 164 g/mol. The van der Waals surface area contributed by atoms with Crippen LogP contribution < -0.4 is 11.1 Å². The van der Waals surface area contributed by atoms with Gasteiger partial charge in [-0.05, 0) is 6.92 Å². The van der Waals surface area contributed by atoms with E-state index in [1.54, 1.807) is 0 Å². The van der Waals surface area contributed by atoms with Crippen LogP contribution in [-0.4, -0.2) is 22.6 Å². The number of nitrogens with zero attached hydrogens (tertiary/aromatic N) is 2. The van der Waals surface area contributed by atoms with E-state index in [1.807, 2.05) is 6.92 Å². The first-order valence-corrected chi connectivity index (χ1v) is 3.93. The Morgan fingerprint density at radius 2 is 2.45 bits per heavy atom. The molecule has 0 aliphatic carbocycles. The van der Waals surface area contributed by atoms with Crippen LogP contribution in [0, 0.1) is 0 Å². The summed E-state index contributed by atoms with van der Waals surface area (Å²) in [6.45, 7) is 2.69. The lowest BCUT2D eigenvalue weighted by Crippen LogP contribution is -2.10. The zero-order valence-corrected chi connectivity index (χ0v) is 6.81.